The van der Waals surface area contributed by atoms with Gasteiger partial charge in [0.05, 0.1) is 38.7 Å². The summed E-state index contributed by atoms with van der Waals surface area (Å²) in [6.07, 6.45) is 5.37. The zero-order chi connectivity index (χ0) is 30.4. The van der Waals surface area contributed by atoms with E-state index >= 15 is 0 Å². The largest absolute Gasteiger partial charge is 0.455 e. The van der Waals surface area contributed by atoms with Crippen LogP contribution in [0.25, 0.3) is 82.5 Å². The molecule has 0 saturated heterocycles. The number of fused-ring (bicyclic) bond motifs is 10. The van der Waals surface area contributed by atoms with Crippen molar-refractivity contribution in [2.45, 2.75) is 6.42 Å². The Balaban J connectivity index is 1.24. The molecule has 0 spiro atoms. The van der Waals surface area contributed by atoms with Crippen molar-refractivity contribution in [1.29, 1.82) is 5.26 Å². The molecule has 214 valence electrons. The first-order valence-electron chi connectivity index (χ1n) is 15.6. The van der Waals surface area contributed by atoms with Crippen LogP contribution in [0.4, 0.5) is 0 Å². The Hall–Kier alpha value is -6.31. The molecule has 4 nitrogen and oxygen atoms in total. The maximum atomic E-state index is 10.5. The van der Waals surface area contributed by atoms with Crippen LogP contribution < -0.4 is 0 Å². The number of nitriles is 1. The highest BCUT2D eigenvalue weighted by Gasteiger charge is 2.24. The van der Waals surface area contributed by atoms with Crippen LogP contribution in [0.15, 0.2) is 144 Å². The molecule has 0 saturated carbocycles. The van der Waals surface area contributed by atoms with E-state index in [1.165, 1.54) is 27.4 Å². The summed E-state index contributed by atoms with van der Waals surface area (Å²) in [6, 6.07) is 46.8. The number of furan rings is 1. The first-order valence-corrected chi connectivity index (χ1v) is 15.6. The zero-order valence-corrected chi connectivity index (χ0v) is 24.7. The van der Waals surface area contributed by atoms with Crippen LogP contribution in [-0.4, -0.2) is 9.13 Å². The normalized spacial score (nSPS) is 13.4. The lowest BCUT2D eigenvalue weighted by Crippen LogP contribution is -2.02. The quantitative estimate of drug-likeness (QED) is 0.206. The smallest absolute Gasteiger partial charge is 0.145 e. The van der Waals surface area contributed by atoms with Crippen molar-refractivity contribution < 1.29 is 4.42 Å². The van der Waals surface area contributed by atoms with Gasteiger partial charge in [0.25, 0.3) is 0 Å². The van der Waals surface area contributed by atoms with Crippen LogP contribution in [-0.2, 0) is 0 Å². The molecule has 0 N–H and O–H groups in total. The lowest BCUT2D eigenvalue weighted by atomic mass is 9.99. The third-order valence-electron chi connectivity index (χ3n) is 9.60. The number of nitrogens with zero attached hydrogens (tertiary/aromatic N) is 3. The van der Waals surface area contributed by atoms with Gasteiger partial charge in [-0.05, 0) is 60.5 Å². The standard InChI is InChI=1S/C42H25N3O/c43-25-27-10-9-15-29(26-20-21-28(24-26)44-35-16-5-1-11-30(35)31-12-2-6-17-36(31)44)41(27)45-37-18-7-3-14-34(37)40-38(45)23-22-33-32-13-4-8-19-39(32)46-42(33)40/h1-19,21-24H,20H2. The number of hydrogen-bond donors (Lipinski definition) is 0. The van der Waals surface area contributed by atoms with E-state index in [0.717, 1.165) is 67.1 Å². The van der Waals surface area contributed by atoms with E-state index < -0.39 is 0 Å². The Morgan fingerprint density at radius 1 is 0.565 bits per heavy atom. The molecule has 0 unspecified atom stereocenters. The molecule has 0 atom stereocenters. The molecule has 0 radical (unpaired) electrons. The Labute approximate surface area is 263 Å². The fraction of sp³-hybridized carbons (Fsp3) is 0.0238. The number of hydrogen-bond acceptors (Lipinski definition) is 2. The summed E-state index contributed by atoms with van der Waals surface area (Å²) in [5, 5.41) is 17.4. The summed E-state index contributed by atoms with van der Waals surface area (Å²) in [6.45, 7) is 0. The number of allylic oxidation sites excluding steroid dienone is 4. The summed E-state index contributed by atoms with van der Waals surface area (Å²) >= 11 is 0. The molecule has 3 heterocycles. The van der Waals surface area contributed by atoms with Crippen LogP contribution in [0.2, 0.25) is 0 Å². The van der Waals surface area contributed by atoms with Gasteiger partial charge < -0.3 is 13.6 Å². The first-order chi connectivity index (χ1) is 22.8. The van der Waals surface area contributed by atoms with Gasteiger partial charge in [-0.2, -0.15) is 5.26 Å². The molecule has 1 aliphatic rings. The van der Waals surface area contributed by atoms with Gasteiger partial charge in [-0.25, -0.2) is 0 Å². The second-order valence-corrected chi connectivity index (χ2v) is 12.0. The molecule has 4 heteroatoms. The van der Waals surface area contributed by atoms with Gasteiger partial charge in [-0.1, -0.05) is 91.0 Å². The Morgan fingerprint density at radius 2 is 1.22 bits per heavy atom. The highest BCUT2D eigenvalue weighted by molar-refractivity contribution is 6.24. The maximum Gasteiger partial charge on any atom is 0.145 e. The molecule has 10 rings (SSSR count). The van der Waals surface area contributed by atoms with Gasteiger partial charge in [0, 0.05) is 38.2 Å². The monoisotopic (exact) mass is 587 g/mol. The molecule has 9 aromatic rings. The van der Waals surface area contributed by atoms with E-state index in [-0.39, 0.29) is 0 Å². The molecule has 0 fully saturated rings. The third-order valence-corrected chi connectivity index (χ3v) is 9.60. The number of benzene rings is 6. The van der Waals surface area contributed by atoms with Gasteiger partial charge in [-0.15, -0.1) is 0 Å². The van der Waals surface area contributed by atoms with Gasteiger partial charge in [0.2, 0.25) is 0 Å². The fourth-order valence-electron chi connectivity index (χ4n) is 7.66. The van der Waals surface area contributed by atoms with Gasteiger partial charge in [0.1, 0.15) is 17.2 Å². The number of rotatable bonds is 3. The van der Waals surface area contributed by atoms with Crippen molar-refractivity contribution in [3.63, 3.8) is 0 Å². The molecular weight excluding hydrogens is 562 g/mol. The average molecular weight is 588 g/mol. The minimum atomic E-state index is 0.635. The Morgan fingerprint density at radius 3 is 1.96 bits per heavy atom. The SMILES string of the molecule is N#Cc1cccc(C2=CC(n3c4ccccc4c4ccccc43)=CC2)c1-n1c2ccccc2c2c3oc4ccccc4c3ccc21. The highest BCUT2D eigenvalue weighted by atomic mass is 16.3. The van der Waals surface area contributed by atoms with Crippen LogP contribution >= 0.6 is 0 Å². The van der Waals surface area contributed by atoms with Crippen molar-refractivity contribution in [1.82, 2.24) is 9.13 Å². The molecule has 6 aromatic carbocycles. The molecular formula is C42H25N3O. The number of para-hydroxylation sites is 5. The minimum absolute atomic E-state index is 0.635. The predicted octanol–water partition coefficient (Wildman–Crippen LogP) is 11.0. The summed E-state index contributed by atoms with van der Waals surface area (Å²) in [5.74, 6) is 0. The minimum Gasteiger partial charge on any atom is -0.455 e. The van der Waals surface area contributed by atoms with Gasteiger partial charge >= 0.3 is 0 Å². The fourth-order valence-corrected chi connectivity index (χ4v) is 7.66. The topological polar surface area (TPSA) is 46.8 Å². The van der Waals surface area contributed by atoms with Crippen molar-refractivity contribution in [3.05, 3.63) is 151 Å². The molecule has 0 amide bonds. The van der Waals surface area contributed by atoms with Crippen molar-refractivity contribution in [3.8, 4) is 11.8 Å². The Bertz CT molecular complexity index is 2790. The van der Waals surface area contributed by atoms with Crippen LogP contribution in [0.1, 0.15) is 17.5 Å². The van der Waals surface area contributed by atoms with E-state index in [1.807, 2.05) is 24.3 Å². The van der Waals surface area contributed by atoms with Crippen molar-refractivity contribution in [2.75, 3.05) is 0 Å². The van der Waals surface area contributed by atoms with Crippen molar-refractivity contribution >= 4 is 76.8 Å². The Kier molecular flexibility index (Phi) is 5.09. The molecule has 0 bridgehead atoms. The highest BCUT2D eigenvalue weighted by Crippen LogP contribution is 2.44. The summed E-state index contributed by atoms with van der Waals surface area (Å²) in [4.78, 5) is 0. The van der Waals surface area contributed by atoms with E-state index in [1.54, 1.807) is 0 Å². The molecule has 0 aliphatic heterocycles. The second-order valence-electron chi connectivity index (χ2n) is 12.0. The molecule has 3 aromatic heterocycles. The van der Waals surface area contributed by atoms with E-state index in [2.05, 4.69) is 130 Å². The first kappa shape index (κ1) is 25.1. The molecule has 46 heavy (non-hydrogen) atoms. The van der Waals surface area contributed by atoms with E-state index in [4.69, 9.17) is 4.42 Å². The third kappa shape index (κ3) is 3.32. The summed E-state index contributed by atoms with van der Waals surface area (Å²) < 4.78 is 11.2. The van der Waals surface area contributed by atoms with Crippen molar-refractivity contribution in [2.24, 2.45) is 0 Å². The number of aromatic nitrogens is 2. The van der Waals surface area contributed by atoms with E-state index in [0.29, 0.717) is 5.56 Å². The molecule has 1 aliphatic carbocycles. The lowest BCUT2D eigenvalue weighted by Gasteiger charge is -2.16. The zero-order valence-electron chi connectivity index (χ0n) is 24.7. The van der Waals surface area contributed by atoms with Crippen LogP contribution in [0.3, 0.4) is 0 Å². The second kappa shape index (κ2) is 9.34. The average Bonchev–Trinajstić information content (AvgIpc) is 3.88. The van der Waals surface area contributed by atoms with Gasteiger partial charge in [-0.3, -0.25) is 0 Å². The van der Waals surface area contributed by atoms with Crippen LogP contribution in [0, 0.1) is 11.3 Å². The lowest BCUT2D eigenvalue weighted by molar-refractivity contribution is 0.673. The van der Waals surface area contributed by atoms with Crippen LogP contribution in [0.5, 0.6) is 0 Å². The van der Waals surface area contributed by atoms with Gasteiger partial charge in [0.15, 0.2) is 0 Å². The maximum absolute atomic E-state index is 10.5. The summed E-state index contributed by atoms with van der Waals surface area (Å²) in [7, 11) is 0. The predicted molar refractivity (Wildman–Crippen MR) is 189 cm³/mol. The summed E-state index contributed by atoms with van der Waals surface area (Å²) in [5.41, 5.74) is 11.1. The van der Waals surface area contributed by atoms with E-state index in [9.17, 15) is 5.26 Å².